The normalized spacial score (nSPS) is 21.3. The molecule has 0 bridgehead atoms. The average Bonchev–Trinajstić information content (AvgIpc) is 3.34. The van der Waals surface area contributed by atoms with Crippen molar-refractivity contribution >= 4 is 21.4 Å². The topological polar surface area (TPSA) is 66.7 Å². The van der Waals surface area contributed by atoms with Gasteiger partial charge in [0.1, 0.15) is 0 Å². The van der Waals surface area contributed by atoms with E-state index in [4.69, 9.17) is 4.52 Å². The fourth-order valence-electron chi connectivity index (χ4n) is 4.11. The molecule has 6 nitrogen and oxygen atoms in total. The summed E-state index contributed by atoms with van der Waals surface area (Å²) < 4.78 is 33.3. The molecule has 1 aliphatic heterocycles. The van der Waals surface area contributed by atoms with Crippen LogP contribution in [0.15, 0.2) is 27.7 Å². The molecule has 0 atom stereocenters. The summed E-state index contributed by atoms with van der Waals surface area (Å²) in [5, 5.41) is 3.71. The monoisotopic (exact) mass is 395 g/mol. The third kappa shape index (κ3) is 3.47. The van der Waals surface area contributed by atoms with Gasteiger partial charge in [-0.25, -0.2) is 8.42 Å². The van der Waals surface area contributed by atoms with Crippen LogP contribution in [0.25, 0.3) is 10.6 Å². The van der Waals surface area contributed by atoms with Gasteiger partial charge in [-0.05, 0) is 38.8 Å². The highest BCUT2D eigenvalue weighted by Crippen LogP contribution is 2.35. The van der Waals surface area contributed by atoms with Crippen LogP contribution in [0.3, 0.4) is 0 Å². The summed E-state index contributed by atoms with van der Waals surface area (Å²) in [6.45, 7) is 4.87. The van der Waals surface area contributed by atoms with Crippen LogP contribution in [-0.4, -0.2) is 55.0 Å². The molecule has 2 aromatic heterocycles. The lowest BCUT2D eigenvalue weighted by atomic mass is 10.2. The number of rotatable bonds is 4. The molecule has 2 aliphatic rings. The molecule has 1 aliphatic carbocycles. The molecule has 2 fully saturated rings. The maximum absolute atomic E-state index is 13.2. The molecule has 26 heavy (non-hydrogen) atoms. The molecular formula is C18H25N3O3S2. The van der Waals surface area contributed by atoms with Gasteiger partial charge in [0, 0.05) is 36.6 Å². The Labute approximate surface area is 158 Å². The molecule has 0 N–H and O–H groups in total. The number of thiophene rings is 1. The van der Waals surface area contributed by atoms with E-state index in [0.29, 0.717) is 29.8 Å². The van der Waals surface area contributed by atoms with Crippen molar-refractivity contribution in [1.29, 1.82) is 0 Å². The van der Waals surface area contributed by atoms with Crippen LogP contribution >= 0.6 is 11.3 Å². The number of hydrogen-bond acceptors (Lipinski definition) is 6. The van der Waals surface area contributed by atoms with Crippen LogP contribution in [0.4, 0.5) is 0 Å². The van der Waals surface area contributed by atoms with Crippen LogP contribution in [-0.2, 0) is 10.0 Å². The SMILES string of the molecule is Cc1sc(-c2ccno2)cc1S(=O)(=O)N1CCCN(C2CCCC2)CC1. The van der Waals surface area contributed by atoms with Gasteiger partial charge < -0.3 is 4.52 Å². The Bertz CT molecular complexity index is 839. The minimum absolute atomic E-state index is 0.406. The highest BCUT2D eigenvalue weighted by molar-refractivity contribution is 7.89. The summed E-state index contributed by atoms with van der Waals surface area (Å²) in [4.78, 5) is 4.51. The Morgan fingerprint density at radius 2 is 1.96 bits per heavy atom. The lowest BCUT2D eigenvalue weighted by Crippen LogP contribution is -2.38. The first-order valence-electron chi connectivity index (χ1n) is 9.31. The minimum atomic E-state index is -3.48. The molecule has 2 aromatic rings. The third-order valence-electron chi connectivity index (χ3n) is 5.50. The molecule has 0 unspecified atom stereocenters. The summed E-state index contributed by atoms with van der Waals surface area (Å²) >= 11 is 1.44. The third-order valence-corrected chi connectivity index (χ3v) is 8.72. The fourth-order valence-corrected chi connectivity index (χ4v) is 7.10. The van der Waals surface area contributed by atoms with Crippen LogP contribution in [0.1, 0.15) is 37.0 Å². The van der Waals surface area contributed by atoms with Crippen LogP contribution in [0.5, 0.6) is 0 Å². The Morgan fingerprint density at radius 1 is 1.15 bits per heavy atom. The van der Waals surface area contributed by atoms with Gasteiger partial charge >= 0.3 is 0 Å². The maximum atomic E-state index is 13.2. The van der Waals surface area contributed by atoms with Crippen LogP contribution in [0.2, 0.25) is 0 Å². The summed E-state index contributed by atoms with van der Waals surface area (Å²) in [7, 11) is -3.48. The Morgan fingerprint density at radius 3 is 2.69 bits per heavy atom. The van der Waals surface area contributed by atoms with E-state index in [0.717, 1.165) is 29.3 Å². The molecule has 8 heteroatoms. The summed E-state index contributed by atoms with van der Waals surface area (Å²) in [5.74, 6) is 0.614. The van der Waals surface area contributed by atoms with E-state index in [9.17, 15) is 8.42 Å². The van der Waals surface area contributed by atoms with Gasteiger partial charge in [-0.1, -0.05) is 18.0 Å². The fraction of sp³-hybridized carbons (Fsp3) is 0.611. The summed E-state index contributed by atoms with van der Waals surface area (Å²) in [5.41, 5.74) is 0. The van der Waals surface area contributed by atoms with Gasteiger partial charge in [-0.15, -0.1) is 11.3 Å². The first-order valence-corrected chi connectivity index (χ1v) is 11.6. The van der Waals surface area contributed by atoms with E-state index in [1.165, 1.54) is 37.0 Å². The van der Waals surface area contributed by atoms with E-state index in [2.05, 4.69) is 10.1 Å². The zero-order chi connectivity index (χ0) is 18.1. The lowest BCUT2D eigenvalue weighted by molar-refractivity contribution is 0.209. The van der Waals surface area contributed by atoms with Gasteiger partial charge in [0.2, 0.25) is 10.0 Å². The zero-order valence-electron chi connectivity index (χ0n) is 15.1. The Balaban J connectivity index is 1.53. The van der Waals surface area contributed by atoms with Crippen molar-refractivity contribution in [1.82, 2.24) is 14.4 Å². The number of nitrogens with zero attached hydrogens (tertiary/aromatic N) is 3. The lowest BCUT2D eigenvalue weighted by Gasteiger charge is -2.27. The molecule has 0 amide bonds. The molecule has 1 saturated heterocycles. The van der Waals surface area contributed by atoms with Gasteiger partial charge in [0.25, 0.3) is 0 Å². The quantitative estimate of drug-likeness (QED) is 0.794. The number of aromatic nitrogens is 1. The van der Waals surface area contributed by atoms with E-state index in [1.807, 2.05) is 6.92 Å². The van der Waals surface area contributed by atoms with Gasteiger partial charge in [-0.3, -0.25) is 4.90 Å². The van der Waals surface area contributed by atoms with E-state index >= 15 is 0 Å². The van der Waals surface area contributed by atoms with Crippen molar-refractivity contribution in [2.45, 2.75) is 50.0 Å². The van der Waals surface area contributed by atoms with E-state index in [1.54, 1.807) is 22.6 Å². The van der Waals surface area contributed by atoms with Crippen molar-refractivity contribution in [3.8, 4) is 10.6 Å². The smallest absolute Gasteiger partial charge is 0.244 e. The molecule has 1 saturated carbocycles. The summed E-state index contributed by atoms with van der Waals surface area (Å²) in [6, 6.07) is 4.14. The van der Waals surface area contributed by atoms with Crippen LogP contribution < -0.4 is 0 Å². The van der Waals surface area contributed by atoms with E-state index < -0.39 is 10.0 Å². The second kappa shape index (κ2) is 7.42. The van der Waals surface area contributed by atoms with E-state index in [-0.39, 0.29) is 0 Å². The standard InChI is InChI=1S/C18H25N3O3S2/c1-14-18(13-17(25-14)16-7-8-19-24-16)26(22,23)21-10-4-9-20(11-12-21)15-5-2-3-6-15/h7-8,13,15H,2-6,9-12H2,1H3. The minimum Gasteiger partial charge on any atom is -0.355 e. The molecule has 0 aromatic carbocycles. The highest BCUT2D eigenvalue weighted by Gasteiger charge is 2.32. The largest absolute Gasteiger partial charge is 0.355 e. The Kier molecular flexibility index (Phi) is 5.18. The number of hydrogen-bond donors (Lipinski definition) is 0. The molecule has 3 heterocycles. The predicted molar refractivity (Wildman–Crippen MR) is 102 cm³/mol. The molecule has 0 radical (unpaired) electrons. The average molecular weight is 396 g/mol. The predicted octanol–water partition coefficient (Wildman–Crippen LogP) is 3.35. The van der Waals surface area contributed by atoms with Crippen LogP contribution in [0, 0.1) is 6.92 Å². The number of sulfonamides is 1. The Hall–Kier alpha value is -1.22. The van der Waals surface area contributed by atoms with Crippen molar-refractivity contribution in [2.24, 2.45) is 0 Å². The number of aryl methyl sites for hydroxylation is 1. The van der Waals surface area contributed by atoms with Crippen molar-refractivity contribution in [2.75, 3.05) is 26.2 Å². The van der Waals surface area contributed by atoms with Crippen molar-refractivity contribution in [3.05, 3.63) is 23.2 Å². The molecular weight excluding hydrogens is 370 g/mol. The molecule has 142 valence electrons. The first kappa shape index (κ1) is 18.2. The second-order valence-corrected chi connectivity index (χ2v) is 10.3. The maximum Gasteiger partial charge on any atom is 0.244 e. The van der Waals surface area contributed by atoms with Gasteiger partial charge in [-0.2, -0.15) is 4.31 Å². The van der Waals surface area contributed by atoms with Crippen molar-refractivity contribution < 1.29 is 12.9 Å². The van der Waals surface area contributed by atoms with Gasteiger partial charge in [0.05, 0.1) is 16.0 Å². The zero-order valence-corrected chi connectivity index (χ0v) is 16.7. The molecule has 4 rings (SSSR count). The summed E-state index contributed by atoms with van der Waals surface area (Å²) in [6.07, 6.45) is 7.61. The van der Waals surface area contributed by atoms with Gasteiger partial charge in [0.15, 0.2) is 5.76 Å². The highest BCUT2D eigenvalue weighted by atomic mass is 32.2. The van der Waals surface area contributed by atoms with Crippen molar-refractivity contribution in [3.63, 3.8) is 0 Å². The first-order chi connectivity index (χ1) is 12.6. The second-order valence-electron chi connectivity index (χ2n) is 7.14. The molecule has 0 spiro atoms.